The quantitative estimate of drug-likeness (QED) is 0.625. The van der Waals surface area contributed by atoms with E-state index in [4.69, 9.17) is 0 Å². The van der Waals surface area contributed by atoms with Crippen molar-refractivity contribution in [2.45, 2.75) is 24.3 Å². The molecule has 3 nitrogen and oxygen atoms in total. The third kappa shape index (κ3) is 4.79. The van der Waals surface area contributed by atoms with Crippen molar-refractivity contribution in [3.63, 3.8) is 0 Å². The molecule has 0 aliphatic carbocycles. The average molecular weight is 253 g/mol. The minimum atomic E-state index is -0.178. The lowest BCUT2D eigenvalue weighted by Gasteiger charge is -2.14. The molecule has 0 saturated heterocycles. The van der Waals surface area contributed by atoms with E-state index in [1.807, 2.05) is 0 Å². The maximum absolute atomic E-state index is 10.9. The van der Waals surface area contributed by atoms with Gasteiger partial charge in [0.25, 0.3) is 0 Å². The third-order valence-electron chi connectivity index (χ3n) is 2.62. The van der Waals surface area contributed by atoms with Gasteiger partial charge in [-0.15, -0.1) is 11.8 Å². The molecule has 0 aromatic heterocycles. The standard InChI is InChI=1S/C13H19NO2S/c1-10(14-9-8-13(15)16-2)11-4-6-12(17-3)7-5-11/h4-7,10,14H,8-9H2,1-3H3. The monoisotopic (exact) mass is 253 g/mol. The van der Waals surface area contributed by atoms with Crippen LogP contribution in [0.4, 0.5) is 0 Å². The lowest BCUT2D eigenvalue weighted by Crippen LogP contribution is -2.22. The Bertz CT molecular complexity index is 351. The molecule has 0 spiro atoms. The fourth-order valence-electron chi connectivity index (χ4n) is 1.50. The van der Waals surface area contributed by atoms with Crippen molar-refractivity contribution < 1.29 is 9.53 Å². The molecular weight excluding hydrogens is 234 g/mol. The number of methoxy groups -OCH3 is 1. The second-order valence-electron chi connectivity index (χ2n) is 3.78. The molecule has 0 bridgehead atoms. The Labute approximate surface area is 107 Å². The normalized spacial score (nSPS) is 12.2. The van der Waals surface area contributed by atoms with Crippen LogP contribution in [0.1, 0.15) is 24.9 Å². The Balaban J connectivity index is 2.40. The number of benzene rings is 1. The Kier molecular flexibility index (Phi) is 6.08. The van der Waals surface area contributed by atoms with Crippen molar-refractivity contribution in [1.29, 1.82) is 0 Å². The number of ether oxygens (including phenoxy) is 1. The van der Waals surface area contributed by atoms with Crippen LogP contribution in [-0.2, 0) is 9.53 Å². The minimum Gasteiger partial charge on any atom is -0.469 e. The molecule has 1 N–H and O–H groups in total. The van der Waals surface area contributed by atoms with E-state index in [2.05, 4.69) is 47.5 Å². The molecule has 0 radical (unpaired) electrons. The van der Waals surface area contributed by atoms with Crippen LogP contribution in [0, 0.1) is 0 Å². The van der Waals surface area contributed by atoms with Gasteiger partial charge in [-0.1, -0.05) is 12.1 Å². The number of nitrogens with one attached hydrogen (secondary N) is 1. The molecular formula is C13H19NO2S. The lowest BCUT2D eigenvalue weighted by molar-refractivity contribution is -0.140. The van der Waals surface area contributed by atoms with Gasteiger partial charge in [0.05, 0.1) is 13.5 Å². The molecule has 1 aromatic carbocycles. The molecule has 17 heavy (non-hydrogen) atoms. The highest BCUT2D eigenvalue weighted by Crippen LogP contribution is 2.18. The van der Waals surface area contributed by atoms with Crippen LogP contribution in [0.2, 0.25) is 0 Å². The zero-order chi connectivity index (χ0) is 12.7. The summed E-state index contributed by atoms with van der Waals surface area (Å²) in [5.74, 6) is -0.178. The van der Waals surface area contributed by atoms with Crippen LogP contribution in [0.3, 0.4) is 0 Å². The topological polar surface area (TPSA) is 38.3 Å². The van der Waals surface area contributed by atoms with Gasteiger partial charge in [0.1, 0.15) is 0 Å². The number of hydrogen-bond donors (Lipinski definition) is 1. The van der Waals surface area contributed by atoms with Gasteiger partial charge in [-0.05, 0) is 30.9 Å². The number of carbonyl (C=O) groups excluding carboxylic acids is 1. The van der Waals surface area contributed by atoms with Crippen LogP contribution in [-0.4, -0.2) is 25.9 Å². The number of rotatable bonds is 6. The fraction of sp³-hybridized carbons (Fsp3) is 0.462. The van der Waals surface area contributed by atoms with E-state index in [1.165, 1.54) is 17.6 Å². The summed E-state index contributed by atoms with van der Waals surface area (Å²) in [7, 11) is 1.41. The maximum atomic E-state index is 10.9. The van der Waals surface area contributed by atoms with Gasteiger partial charge in [-0.3, -0.25) is 4.79 Å². The van der Waals surface area contributed by atoms with Gasteiger partial charge in [0, 0.05) is 17.5 Å². The van der Waals surface area contributed by atoms with Crippen molar-refractivity contribution in [3.05, 3.63) is 29.8 Å². The van der Waals surface area contributed by atoms with E-state index in [9.17, 15) is 4.79 Å². The predicted octanol–water partition coefficient (Wildman–Crippen LogP) is 2.62. The molecule has 0 amide bonds. The number of esters is 1. The highest BCUT2D eigenvalue weighted by Gasteiger charge is 2.06. The molecule has 0 fully saturated rings. The van der Waals surface area contributed by atoms with Crippen molar-refractivity contribution in [3.8, 4) is 0 Å². The second-order valence-corrected chi connectivity index (χ2v) is 4.65. The van der Waals surface area contributed by atoms with Crippen LogP contribution in [0.25, 0.3) is 0 Å². The minimum absolute atomic E-state index is 0.178. The Hall–Kier alpha value is -1.00. The molecule has 0 heterocycles. The first-order valence-electron chi connectivity index (χ1n) is 5.61. The molecule has 1 rings (SSSR count). The maximum Gasteiger partial charge on any atom is 0.306 e. The molecule has 0 aliphatic rings. The number of hydrogen-bond acceptors (Lipinski definition) is 4. The van der Waals surface area contributed by atoms with Gasteiger partial charge >= 0.3 is 5.97 Å². The van der Waals surface area contributed by atoms with Crippen LogP contribution in [0.5, 0.6) is 0 Å². The SMILES string of the molecule is COC(=O)CCNC(C)c1ccc(SC)cc1. The van der Waals surface area contributed by atoms with Gasteiger partial charge in [-0.25, -0.2) is 0 Å². The lowest BCUT2D eigenvalue weighted by atomic mass is 10.1. The van der Waals surface area contributed by atoms with Crippen molar-refractivity contribution in [2.24, 2.45) is 0 Å². The van der Waals surface area contributed by atoms with Gasteiger partial charge in [0.2, 0.25) is 0 Å². The summed E-state index contributed by atoms with van der Waals surface area (Å²) < 4.78 is 4.59. The smallest absolute Gasteiger partial charge is 0.306 e. The third-order valence-corrected chi connectivity index (χ3v) is 3.37. The van der Waals surface area contributed by atoms with E-state index in [0.717, 1.165) is 0 Å². The summed E-state index contributed by atoms with van der Waals surface area (Å²) in [5, 5.41) is 3.29. The van der Waals surface area contributed by atoms with Crippen molar-refractivity contribution in [1.82, 2.24) is 5.32 Å². The Morgan fingerprint density at radius 2 is 2.06 bits per heavy atom. The Morgan fingerprint density at radius 1 is 1.41 bits per heavy atom. The zero-order valence-electron chi connectivity index (χ0n) is 10.5. The molecule has 94 valence electrons. The summed E-state index contributed by atoms with van der Waals surface area (Å²) in [6.45, 7) is 2.73. The van der Waals surface area contributed by atoms with Crippen LogP contribution in [0.15, 0.2) is 29.2 Å². The molecule has 1 atom stereocenters. The second kappa shape index (κ2) is 7.35. The molecule has 0 aliphatic heterocycles. The van der Waals surface area contributed by atoms with E-state index in [1.54, 1.807) is 11.8 Å². The number of carbonyl (C=O) groups is 1. The first-order chi connectivity index (χ1) is 8.17. The molecule has 1 unspecified atom stereocenters. The van der Waals surface area contributed by atoms with Crippen molar-refractivity contribution in [2.75, 3.05) is 19.9 Å². The number of thioether (sulfide) groups is 1. The van der Waals surface area contributed by atoms with E-state index in [0.29, 0.717) is 13.0 Å². The average Bonchev–Trinajstić information content (AvgIpc) is 2.38. The summed E-state index contributed by atoms with van der Waals surface area (Å²) >= 11 is 1.73. The highest BCUT2D eigenvalue weighted by molar-refractivity contribution is 7.98. The van der Waals surface area contributed by atoms with Crippen LogP contribution < -0.4 is 5.32 Å². The van der Waals surface area contributed by atoms with Crippen molar-refractivity contribution >= 4 is 17.7 Å². The predicted molar refractivity (Wildman–Crippen MR) is 71.3 cm³/mol. The van der Waals surface area contributed by atoms with Crippen LogP contribution >= 0.6 is 11.8 Å². The van der Waals surface area contributed by atoms with Gasteiger partial charge in [-0.2, -0.15) is 0 Å². The molecule has 4 heteroatoms. The molecule has 0 saturated carbocycles. The zero-order valence-corrected chi connectivity index (χ0v) is 11.3. The summed E-state index contributed by atoms with van der Waals surface area (Å²) in [6.07, 6.45) is 2.47. The Morgan fingerprint density at radius 3 is 2.59 bits per heavy atom. The van der Waals surface area contributed by atoms with E-state index >= 15 is 0 Å². The summed E-state index contributed by atoms with van der Waals surface area (Å²) in [5.41, 5.74) is 1.23. The largest absolute Gasteiger partial charge is 0.469 e. The highest BCUT2D eigenvalue weighted by atomic mass is 32.2. The first-order valence-corrected chi connectivity index (χ1v) is 6.84. The first kappa shape index (κ1) is 14.1. The summed E-state index contributed by atoms with van der Waals surface area (Å²) in [6, 6.07) is 8.69. The van der Waals surface area contributed by atoms with Gasteiger partial charge in [0.15, 0.2) is 0 Å². The fourth-order valence-corrected chi connectivity index (χ4v) is 1.91. The summed E-state index contributed by atoms with van der Waals surface area (Å²) in [4.78, 5) is 12.2. The van der Waals surface area contributed by atoms with E-state index < -0.39 is 0 Å². The van der Waals surface area contributed by atoms with E-state index in [-0.39, 0.29) is 12.0 Å². The molecule has 1 aromatic rings. The van der Waals surface area contributed by atoms with Gasteiger partial charge < -0.3 is 10.1 Å².